The Kier molecular flexibility index (Phi) is 7.44. The maximum atomic E-state index is 12.8. The number of imide groups is 1. The molecule has 12 nitrogen and oxygen atoms in total. The van der Waals surface area contributed by atoms with E-state index in [9.17, 15) is 24.0 Å². The van der Waals surface area contributed by atoms with E-state index in [4.69, 9.17) is 5.73 Å². The van der Waals surface area contributed by atoms with Crippen LogP contribution in [0.2, 0.25) is 0 Å². The zero-order valence-corrected chi connectivity index (χ0v) is 19.2. The minimum atomic E-state index is -0.925. The first-order valence-electron chi connectivity index (χ1n) is 11.6. The fraction of sp³-hybridized carbons (Fsp3) is 0.667. The van der Waals surface area contributed by atoms with E-state index >= 15 is 0 Å². The first-order valence-corrected chi connectivity index (χ1v) is 11.6. The molecule has 1 saturated carbocycles. The Morgan fingerprint density at radius 2 is 1.85 bits per heavy atom. The minimum absolute atomic E-state index is 0.0489. The summed E-state index contributed by atoms with van der Waals surface area (Å²) in [5.41, 5.74) is 6.55. The van der Waals surface area contributed by atoms with Crippen molar-refractivity contribution in [3.05, 3.63) is 20.8 Å². The molecule has 1 aliphatic carbocycles. The summed E-state index contributed by atoms with van der Waals surface area (Å²) in [5, 5.41) is 3.50. The fourth-order valence-corrected chi connectivity index (χ4v) is 4.48. The minimum Gasteiger partial charge on any atom is -0.383 e. The highest BCUT2D eigenvalue weighted by Crippen LogP contribution is 2.33. The van der Waals surface area contributed by atoms with E-state index in [1.807, 2.05) is 6.92 Å². The molecule has 1 aromatic rings. The lowest BCUT2D eigenvalue weighted by molar-refractivity contribution is -0.139. The molecule has 0 aromatic carbocycles. The van der Waals surface area contributed by atoms with E-state index in [0.717, 1.165) is 37.1 Å². The molecule has 3 rings (SSSR count). The van der Waals surface area contributed by atoms with Crippen LogP contribution in [0.15, 0.2) is 9.59 Å². The number of anilines is 2. The molecule has 12 heteroatoms. The van der Waals surface area contributed by atoms with Gasteiger partial charge in [0.2, 0.25) is 5.91 Å². The van der Waals surface area contributed by atoms with E-state index in [-0.39, 0.29) is 24.5 Å². The van der Waals surface area contributed by atoms with Crippen molar-refractivity contribution in [2.45, 2.75) is 77.3 Å². The zero-order valence-electron chi connectivity index (χ0n) is 19.2. The molecular weight excluding hydrogens is 430 g/mol. The number of aromatic nitrogens is 2. The molecule has 2 fully saturated rings. The number of nitrogens with two attached hydrogens (primary N) is 1. The molecule has 0 radical (unpaired) electrons. The van der Waals surface area contributed by atoms with Gasteiger partial charge in [-0.3, -0.25) is 29.4 Å². The van der Waals surface area contributed by atoms with E-state index in [2.05, 4.69) is 15.7 Å². The van der Waals surface area contributed by atoms with Crippen LogP contribution in [0, 0.1) is 0 Å². The Labute approximate surface area is 191 Å². The van der Waals surface area contributed by atoms with E-state index < -0.39 is 34.6 Å². The van der Waals surface area contributed by atoms with Crippen LogP contribution in [-0.4, -0.2) is 51.0 Å². The highest BCUT2D eigenvalue weighted by Gasteiger charge is 2.52. The molecule has 182 valence electrons. The highest BCUT2D eigenvalue weighted by atomic mass is 16.2. The number of carbonyl (C=O) groups excluding carboxylic acids is 3. The number of nitrogen functional groups attached to an aromatic ring is 1. The summed E-state index contributed by atoms with van der Waals surface area (Å²) in [7, 11) is 0. The van der Waals surface area contributed by atoms with Gasteiger partial charge in [0, 0.05) is 26.1 Å². The lowest BCUT2D eigenvalue weighted by atomic mass is 9.82. The van der Waals surface area contributed by atoms with Crippen LogP contribution in [0.1, 0.15) is 65.2 Å². The first-order chi connectivity index (χ1) is 15.7. The van der Waals surface area contributed by atoms with Crippen LogP contribution in [-0.2, 0) is 16.1 Å². The SMILES string of the molecule is CCCCn1c(N)c(N(CC)CCC(=O)NN2C(=O)NC3(CCCCC3)C2=O)c(=O)[nH]c1=O. The molecule has 1 aromatic heterocycles. The van der Waals surface area contributed by atoms with Gasteiger partial charge in [-0.25, -0.2) is 9.59 Å². The van der Waals surface area contributed by atoms with Crippen molar-refractivity contribution in [1.29, 1.82) is 0 Å². The predicted molar refractivity (Wildman–Crippen MR) is 122 cm³/mol. The van der Waals surface area contributed by atoms with Crippen molar-refractivity contribution in [3.8, 4) is 0 Å². The maximum Gasteiger partial charge on any atom is 0.344 e. The number of amides is 4. The summed E-state index contributed by atoms with van der Waals surface area (Å²) in [4.78, 5) is 66.2. The number of carbonyl (C=O) groups is 3. The van der Waals surface area contributed by atoms with Crippen molar-refractivity contribution >= 4 is 29.4 Å². The van der Waals surface area contributed by atoms with Gasteiger partial charge in [-0.05, 0) is 26.2 Å². The predicted octanol–water partition coefficient (Wildman–Crippen LogP) is 0.421. The topological polar surface area (TPSA) is 163 Å². The number of hydrazine groups is 1. The number of urea groups is 1. The molecule has 33 heavy (non-hydrogen) atoms. The fourth-order valence-electron chi connectivity index (χ4n) is 4.48. The molecule has 0 atom stereocenters. The van der Waals surface area contributed by atoms with Crippen molar-refractivity contribution in [2.24, 2.45) is 0 Å². The second-order valence-electron chi connectivity index (χ2n) is 8.58. The molecule has 2 heterocycles. The Balaban J connectivity index is 1.68. The van der Waals surface area contributed by atoms with Gasteiger partial charge in [0.15, 0.2) is 0 Å². The maximum absolute atomic E-state index is 12.8. The third kappa shape index (κ3) is 4.88. The molecule has 4 amide bonds. The Morgan fingerprint density at radius 3 is 2.48 bits per heavy atom. The van der Waals surface area contributed by atoms with Gasteiger partial charge >= 0.3 is 11.7 Å². The molecule has 5 N–H and O–H groups in total. The average molecular weight is 464 g/mol. The Morgan fingerprint density at radius 1 is 1.15 bits per heavy atom. The lowest BCUT2D eigenvalue weighted by Crippen LogP contribution is -2.51. The summed E-state index contributed by atoms with van der Waals surface area (Å²) < 4.78 is 1.32. The van der Waals surface area contributed by atoms with Crippen LogP contribution in [0.3, 0.4) is 0 Å². The van der Waals surface area contributed by atoms with Crippen molar-refractivity contribution in [1.82, 2.24) is 25.3 Å². The van der Waals surface area contributed by atoms with Gasteiger partial charge in [-0.15, -0.1) is 0 Å². The molecule has 1 aliphatic heterocycles. The van der Waals surface area contributed by atoms with E-state index in [1.54, 1.807) is 11.8 Å². The van der Waals surface area contributed by atoms with Gasteiger partial charge in [-0.1, -0.05) is 32.6 Å². The van der Waals surface area contributed by atoms with Crippen LogP contribution in [0.5, 0.6) is 0 Å². The van der Waals surface area contributed by atoms with Crippen molar-refractivity contribution < 1.29 is 14.4 Å². The summed E-state index contributed by atoms with van der Waals surface area (Å²) >= 11 is 0. The Bertz CT molecular complexity index is 1020. The second kappa shape index (κ2) is 10.1. The van der Waals surface area contributed by atoms with Crippen molar-refractivity contribution in [2.75, 3.05) is 23.7 Å². The normalized spacial score (nSPS) is 17.3. The van der Waals surface area contributed by atoms with E-state index in [0.29, 0.717) is 25.9 Å². The molecule has 0 unspecified atom stereocenters. The Hall–Kier alpha value is -3.31. The third-order valence-electron chi connectivity index (χ3n) is 6.36. The van der Waals surface area contributed by atoms with Gasteiger partial charge in [-0.2, -0.15) is 5.01 Å². The van der Waals surface area contributed by atoms with Crippen LogP contribution >= 0.6 is 0 Å². The number of unbranched alkanes of at least 4 members (excludes halogenated alkanes) is 1. The number of hydrogen-bond acceptors (Lipinski definition) is 7. The third-order valence-corrected chi connectivity index (χ3v) is 6.36. The van der Waals surface area contributed by atoms with E-state index in [1.165, 1.54) is 4.57 Å². The first kappa shape index (κ1) is 24.3. The molecule has 1 saturated heterocycles. The number of H-pyrrole nitrogens is 1. The summed E-state index contributed by atoms with van der Waals surface area (Å²) in [6.45, 7) is 4.61. The van der Waals surface area contributed by atoms with Crippen LogP contribution in [0.25, 0.3) is 0 Å². The second-order valence-corrected chi connectivity index (χ2v) is 8.58. The molecule has 0 bridgehead atoms. The lowest BCUT2D eigenvalue weighted by Gasteiger charge is -2.30. The number of nitrogens with one attached hydrogen (secondary N) is 3. The number of aromatic amines is 1. The van der Waals surface area contributed by atoms with Gasteiger partial charge in [0.25, 0.3) is 11.5 Å². The summed E-state index contributed by atoms with van der Waals surface area (Å²) in [6, 6.07) is -0.633. The quantitative estimate of drug-likeness (QED) is 0.386. The van der Waals surface area contributed by atoms with Gasteiger partial charge in [0.1, 0.15) is 17.0 Å². The summed E-state index contributed by atoms with van der Waals surface area (Å²) in [5.74, 6) is -0.927. The molecular formula is C21H33N7O5. The van der Waals surface area contributed by atoms with Gasteiger partial charge < -0.3 is 16.0 Å². The number of hydrogen-bond donors (Lipinski definition) is 4. The summed E-state index contributed by atoms with van der Waals surface area (Å²) in [6.07, 6.45) is 5.29. The van der Waals surface area contributed by atoms with Crippen LogP contribution in [0.4, 0.5) is 16.3 Å². The van der Waals surface area contributed by atoms with Gasteiger partial charge in [0.05, 0.1) is 0 Å². The van der Waals surface area contributed by atoms with Crippen LogP contribution < -0.4 is 32.6 Å². The smallest absolute Gasteiger partial charge is 0.344 e. The highest BCUT2D eigenvalue weighted by molar-refractivity contribution is 6.08. The molecule has 1 spiro atoms. The largest absolute Gasteiger partial charge is 0.383 e. The average Bonchev–Trinajstić information content (AvgIpc) is 2.99. The standard InChI is InChI=1S/C21H33N7O5/c1-3-5-12-27-16(22)15(17(30)23-19(27)32)26(4-2)13-9-14(29)25-28-18(31)21(24-20(28)33)10-7-6-8-11-21/h3-13,22H2,1-2H3,(H,24,33)(H,25,29)(H,23,30,32). The van der Waals surface area contributed by atoms with Crippen molar-refractivity contribution in [3.63, 3.8) is 0 Å². The zero-order chi connectivity index (χ0) is 24.2. The monoisotopic (exact) mass is 463 g/mol. The number of rotatable bonds is 9. The molecule has 2 aliphatic rings. The number of nitrogens with zero attached hydrogens (tertiary/aromatic N) is 3.